The molecule has 0 bridgehead atoms. The Morgan fingerprint density at radius 3 is 2.53 bits per heavy atom. The Morgan fingerprint density at radius 1 is 1.21 bits per heavy atom. The highest BCUT2D eigenvalue weighted by atomic mass is 79.9. The molecule has 0 radical (unpaired) electrons. The molecule has 0 heterocycles. The van der Waals surface area contributed by atoms with Crippen LogP contribution in [0.3, 0.4) is 0 Å². The second-order valence-electron chi connectivity index (χ2n) is 3.94. The lowest BCUT2D eigenvalue weighted by Crippen LogP contribution is -1.87. The van der Waals surface area contributed by atoms with Crippen molar-refractivity contribution in [1.29, 1.82) is 0 Å². The van der Waals surface area contributed by atoms with Crippen LogP contribution in [0.5, 0.6) is 5.75 Å². The van der Waals surface area contributed by atoms with Crippen LogP contribution < -0.4 is 4.74 Å². The van der Waals surface area contributed by atoms with Gasteiger partial charge in [-0.2, -0.15) is 0 Å². The van der Waals surface area contributed by atoms with E-state index in [1.807, 2.05) is 30.3 Å². The molecule has 2 rings (SSSR count). The fourth-order valence-corrected chi connectivity index (χ4v) is 3.04. The largest absolute Gasteiger partial charge is 0.496 e. The average molecular weight is 337 g/mol. The van der Waals surface area contributed by atoms with Crippen LogP contribution >= 0.6 is 27.7 Å². The monoisotopic (exact) mass is 336 g/mol. The van der Waals surface area contributed by atoms with E-state index in [1.165, 1.54) is 5.56 Å². The zero-order chi connectivity index (χ0) is 13.7. The Hall–Kier alpha value is -1.26. The zero-order valence-corrected chi connectivity index (χ0v) is 12.8. The van der Waals surface area contributed by atoms with E-state index >= 15 is 0 Å². The number of carbonyl (C=O) groups is 1. The van der Waals surface area contributed by atoms with Gasteiger partial charge in [0.05, 0.1) is 11.6 Å². The van der Waals surface area contributed by atoms with E-state index in [1.54, 1.807) is 18.9 Å². The minimum Gasteiger partial charge on any atom is -0.496 e. The maximum atomic E-state index is 10.6. The summed E-state index contributed by atoms with van der Waals surface area (Å²) < 4.78 is 6.16. The predicted octanol–water partition coefficient (Wildman–Crippen LogP) is 4.56. The molecule has 0 saturated carbocycles. The number of hydrogen-bond donors (Lipinski definition) is 0. The summed E-state index contributed by atoms with van der Waals surface area (Å²) in [6, 6.07) is 13.7. The van der Waals surface area contributed by atoms with Crippen molar-refractivity contribution in [3.8, 4) is 5.75 Å². The van der Waals surface area contributed by atoms with E-state index in [2.05, 4.69) is 28.1 Å². The maximum absolute atomic E-state index is 10.6. The molecule has 0 aliphatic heterocycles. The first-order valence-electron chi connectivity index (χ1n) is 5.73. The molecule has 0 fully saturated rings. The highest BCUT2D eigenvalue weighted by Crippen LogP contribution is 2.29. The van der Waals surface area contributed by atoms with Crippen LogP contribution in [0.25, 0.3) is 0 Å². The van der Waals surface area contributed by atoms with Gasteiger partial charge in [0, 0.05) is 16.2 Å². The van der Waals surface area contributed by atoms with Crippen molar-refractivity contribution in [2.45, 2.75) is 10.6 Å². The van der Waals surface area contributed by atoms with Gasteiger partial charge in [-0.3, -0.25) is 4.79 Å². The van der Waals surface area contributed by atoms with Gasteiger partial charge < -0.3 is 4.74 Å². The number of carbonyl (C=O) groups excluding carboxylic acids is 1. The fraction of sp³-hybridized carbons (Fsp3) is 0.133. The molecule has 2 nitrogen and oxygen atoms in total. The predicted molar refractivity (Wildman–Crippen MR) is 82.1 cm³/mol. The van der Waals surface area contributed by atoms with Crippen LogP contribution in [0.2, 0.25) is 0 Å². The van der Waals surface area contributed by atoms with Crippen LogP contribution in [0.4, 0.5) is 0 Å². The molecule has 98 valence electrons. The molecule has 0 aliphatic rings. The van der Waals surface area contributed by atoms with Gasteiger partial charge in [-0.05, 0) is 45.8 Å². The number of thioether (sulfide) groups is 1. The number of hydrogen-bond acceptors (Lipinski definition) is 3. The van der Waals surface area contributed by atoms with Crippen molar-refractivity contribution >= 4 is 34.0 Å². The number of aldehydes is 1. The number of benzene rings is 2. The summed E-state index contributed by atoms with van der Waals surface area (Å²) in [4.78, 5) is 11.7. The molecule has 0 unspecified atom stereocenters. The lowest BCUT2D eigenvalue weighted by atomic mass is 10.2. The molecule has 0 N–H and O–H groups in total. The highest BCUT2D eigenvalue weighted by Gasteiger charge is 2.02. The van der Waals surface area contributed by atoms with Crippen molar-refractivity contribution in [3.63, 3.8) is 0 Å². The Bertz CT molecular complexity index is 567. The van der Waals surface area contributed by atoms with Gasteiger partial charge in [0.15, 0.2) is 0 Å². The summed E-state index contributed by atoms with van der Waals surface area (Å²) >= 11 is 5.22. The highest BCUT2D eigenvalue weighted by molar-refractivity contribution is 9.10. The topological polar surface area (TPSA) is 26.3 Å². The smallest absolute Gasteiger partial charge is 0.150 e. The van der Waals surface area contributed by atoms with Crippen LogP contribution in [-0.4, -0.2) is 13.4 Å². The van der Waals surface area contributed by atoms with Gasteiger partial charge in [-0.25, -0.2) is 0 Å². The van der Waals surface area contributed by atoms with Crippen molar-refractivity contribution in [2.24, 2.45) is 0 Å². The van der Waals surface area contributed by atoms with E-state index < -0.39 is 0 Å². The second kappa shape index (κ2) is 6.78. The first-order chi connectivity index (χ1) is 9.22. The molecule has 0 amide bonds. The van der Waals surface area contributed by atoms with E-state index in [4.69, 9.17) is 4.74 Å². The van der Waals surface area contributed by atoms with Crippen LogP contribution in [0.1, 0.15) is 15.9 Å². The summed E-state index contributed by atoms with van der Waals surface area (Å²) in [5, 5.41) is 0. The SMILES string of the molecule is COc1ccc(CSc2ccc(C=O)cc2)cc1Br. The summed E-state index contributed by atoms with van der Waals surface area (Å²) in [6.45, 7) is 0. The number of ether oxygens (including phenoxy) is 1. The van der Waals surface area contributed by atoms with Crippen LogP contribution in [0, 0.1) is 0 Å². The Kier molecular flexibility index (Phi) is 5.05. The van der Waals surface area contributed by atoms with E-state index in [9.17, 15) is 4.79 Å². The lowest BCUT2D eigenvalue weighted by molar-refractivity contribution is 0.112. The molecule has 0 spiro atoms. The normalized spacial score (nSPS) is 10.2. The molecule has 0 atom stereocenters. The standard InChI is InChI=1S/C15H13BrO2S/c1-18-15-7-4-12(8-14(15)16)10-19-13-5-2-11(9-17)3-6-13/h2-9H,10H2,1H3. The van der Waals surface area contributed by atoms with E-state index in [0.29, 0.717) is 5.56 Å². The van der Waals surface area contributed by atoms with Gasteiger partial charge >= 0.3 is 0 Å². The number of methoxy groups -OCH3 is 1. The fourth-order valence-electron chi connectivity index (χ4n) is 1.61. The van der Waals surface area contributed by atoms with Crippen molar-refractivity contribution in [3.05, 3.63) is 58.1 Å². The molecule has 19 heavy (non-hydrogen) atoms. The summed E-state index contributed by atoms with van der Waals surface area (Å²) in [5.41, 5.74) is 1.92. The molecule has 2 aromatic carbocycles. The summed E-state index contributed by atoms with van der Waals surface area (Å²) in [5.74, 6) is 1.72. The molecular weight excluding hydrogens is 324 g/mol. The van der Waals surface area contributed by atoms with E-state index in [-0.39, 0.29) is 0 Å². The minimum atomic E-state index is 0.705. The maximum Gasteiger partial charge on any atom is 0.150 e. The molecule has 0 aliphatic carbocycles. The minimum absolute atomic E-state index is 0.705. The van der Waals surface area contributed by atoms with Crippen molar-refractivity contribution in [2.75, 3.05) is 7.11 Å². The average Bonchev–Trinajstić information content (AvgIpc) is 2.46. The number of halogens is 1. The molecular formula is C15H13BrO2S. The molecule has 2 aromatic rings. The van der Waals surface area contributed by atoms with Gasteiger partial charge in [-0.15, -0.1) is 11.8 Å². The molecule has 4 heteroatoms. The summed E-state index contributed by atoms with van der Waals surface area (Å²) in [7, 11) is 1.66. The van der Waals surface area contributed by atoms with Crippen LogP contribution in [0.15, 0.2) is 51.8 Å². The van der Waals surface area contributed by atoms with Gasteiger partial charge in [0.1, 0.15) is 12.0 Å². The summed E-state index contributed by atoms with van der Waals surface area (Å²) in [6.07, 6.45) is 0.856. The van der Waals surface area contributed by atoms with Crippen molar-refractivity contribution < 1.29 is 9.53 Å². The van der Waals surface area contributed by atoms with Gasteiger partial charge in [0.2, 0.25) is 0 Å². The lowest BCUT2D eigenvalue weighted by Gasteiger charge is -2.06. The van der Waals surface area contributed by atoms with Gasteiger partial charge in [-0.1, -0.05) is 18.2 Å². The second-order valence-corrected chi connectivity index (χ2v) is 5.85. The quantitative estimate of drug-likeness (QED) is 0.591. The number of rotatable bonds is 5. The van der Waals surface area contributed by atoms with Crippen LogP contribution in [-0.2, 0) is 5.75 Å². The third-order valence-corrected chi connectivity index (χ3v) is 4.34. The Balaban J connectivity index is 2.01. The third kappa shape index (κ3) is 3.85. The zero-order valence-electron chi connectivity index (χ0n) is 10.4. The molecule has 0 saturated heterocycles. The first-order valence-corrected chi connectivity index (χ1v) is 7.51. The molecule has 0 aromatic heterocycles. The Labute approximate surface area is 125 Å². The van der Waals surface area contributed by atoms with Crippen molar-refractivity contribution in [1.82, 2.24) is 0 Å². The third-order valence-electron chi connectivity index (χ3n) is 2.64. The van der Waals surface area contributed by atoms with Gasteiger partial charge in [0.25, 0.3) is 0 Å². The first kappa shape index (κ1) is 14.2. The van der Waals surface area contributed by atoms with E-state index in [0.717, 1.165) is 27.2 Å². The Morgan fingerprint density at radius 2 is 1.95 bits per heavy atom.